The molecule has 4 N–H and O–H groups in total. The minimum absolute atomic E-state index is 0.0760. The van der Waals surface area contributed by atoms with E-state index >= 15 is 0 Å². The Hall–Kier alpha value is -4.50. The first-order chi connectivity index (χ1) is 16.4. The highest BCUT2D eigenvalue weighted by Gasteiger charge is 2.11. The number of amides is 1. The number of hydrogen-bond acceptors (Lipinski definition) is 6. The van der Waals surface area contributed by atoms with Crippen molar-refractivity contribution in [1.29, 1.82) is 0 Å². The van der Waals surface area contributed by atoms with Gasteiger partial charge in [-0.15, -0.1) is 0 Å². The Labute approximate surface area is 198 Å². The van der Waals surface area contributed by atoms with Crippen molar-refractivity contribution in [3.8, 4) is 0 Å². The van der Waals surface area contributed by atoms with E-state index in [1.165, 1.54) is 12.1 Å². The Balaban J connectivity index is 1.44. The highest BCUT2D eigenvalue weighted by atomic mass is 35.5. The third-order valence-corrected chi connectivity index (χ3v) is 4.99. The number of nitrogens with one attached hydrogen (secondary N) is 3. The Morgan fingerprint density at radius 2 is 1.47 bits per heavy atom. The summed E-state index contributed by atoms with van der Waals surface area (Å²) in [7, 11) is 0. The van der Waals surface area contributed by atoms with Crippen LogP contribution in [-0.4, -0.2) is 27.0 Å². The number of anilines is 5. The number of halogens is 2. The van der Waals surface area contributed by atoms with Gasteiger partial charge in [0, 0.05) is 16.9 Å². The van der Waals surface area contributed by atoms with Gasteiger partial charge in [0.05, 0.1) is 22.5 Å². The van der Waals surface area contributed by atoms with Gasteiger partial charge in [-0.25, -0.2) is 14.2 Å². The van der Waals surface area contributed by atoms with Crippen molar-refractivity contribution in [3.05, 3.63) is 101 Å². The van der Waals surface area contributed by atoms with Crippen molar-refractivity contribution >= 4 is 52.3 Å². The van der Waals surface area contributed by atoms with Crippen molar-refractivity contribution in [2.75, 3.05) is 16.0 Å². The van der Waals surface area contributed by atoms with Crippen LogP contribution in [0.2, 0.25) is 5.02 Å². The molecule has 1 heterocycles. The van der Waals surface area contributed by atoms with E-state index in [2.05, 4.69) is 25.9 Å². The summed E-state index contributed by atoms with van der Waals surface area (Å²) in [5.41, 5.74) is 2.06. The van der Waals surface area contributed by atoms with Crippen molar-refractivity contribution in [1.82, 2.24) is 9.97 Å². The number of para-hydroxylation sites is 1. The zero-order chi connectivity index (χ0) is 24.1. The number of aromatic carboxylic acids is 1. The van der Waals surface area contributed by atoms with Crippen LogP contribution < -0.4 is 16.0 Å². The molecular formula is C24H17ClFN5O3. The molecule has 1 amide bonds. The van der Waals surface area contributed by atoms with Gasteiger partial charge in [0.15, 0.2) is 11.6 Å². The second-order valence-corrected chi connectivity index (χ2v) is 7.44. The van der Waals surface area contributed by atoms with E-state index in [9.17, 15) is 14.0 Å². The third kappa shape index (κ3) is 5.45. The standard InChI is InChI=1S/C24H17ClFN5O3/c25-18-3-1-2-4-20(18)30-22(32)14-5-9-16(10-6-14)28-21-19(26)13-27-24(31-21)29-17-11-7-15(8-12-17)23(33)34/h1-13H,(H,30,32)(H,33,34)(H2,27,28,29,31). The molecule has 4 rings (SSSR count). The molecule has 0 saturated heterocycles. The summed E-state index contributed by atoms with van der Waals surface area (Å²) in [5, 5.41) is 17.9. The zero-order valence-corrected chi connectivity index (χ0v) is 18.2. The van der Waals surface area contributed by atoms with Crippen LogP contribution in [0, 0.1) is 5.82 Å². The van der Waals surface area contributed by atoms with E-state index in [1.54, 1.807) is 60.7 Å². The number of rotatable bonds is 7. The molecule has 4 aromatic rings. The number of carbonyl (C=O) groups is 2. The van der Waals surface area contributed by atoms with Crippen molar-refractivity contribution in [2.24, 2.45) is 0 Å². The lowest BCUT2D eigenvalue weighted by atomic mass is 10.2. The molecule has 34 heavy (non-hydrogen) atoms. The van der Waals surface area contributed by atoms with Gasteiger partial charge in [0.25, 0.3) is 5.91 Å². The molecule has 0 aliphatic heterocycles. The highest BCUT2D eigenvalue weighted by Crippen LogP contribution is 2.23. The van der Waals surface area contributed by atoms with Gasteiger partial charge < -0.3 is 21.1 Å². The second-order valence-electron chi connectivity index (χ2n) is 7.03. The Kier molecular flexibility index (Phi) is 6.65. The molecule has 3 aromatic carbocycles. The molecular weight excluding hydrogens is 461 g/mol. The third-order valence-electron chi connectivity index (χ3n) is 4.66. The number of hydrogen-bond donors (Lipinski definition) is 4. The van der Waals surface area contributed by atoms with Gasteiger partial charge in [-0.1, -0.05) is 23.7 Å². The van der Waals surface area contributed by atoms with Crippen LogP contribution in [0.1, 0.15) is 20.7 Å². The lowest BCUT2D eigenvalue weighted by Crippen LogP contribution is -2.12. The predicted octanol–water partition coefficient (Wildman–Crippen LogP) is 5.71. The number of aromatic nitrogens is 2. The van der Waals surface area contributed by atoms with E-state index < -0.39 is 11.8 Å². The van der Waals surface area contributed by atoms with Crippen LogP contribution >= 0.6 is 11.6 Å². The zero-order valence-electron chi connectivity index (χ0n) is 17.4. The summed E-state index contributed by atoms with van der Waals surface area (Å²) in [6.07, 6.45) is 1.01. The topological polar surface area (TPSA) is 116 Å². The molecule has 0 spiro atoms. The summed E-state index contributed by atoms with van der Waals surface area (Å²) < 4.78 is 14.3. The smallest absolute Gasteiger partial charge is 0.335 e. The molecule has 0 bridgehead atoms. The number of nitrogens with zero attached hydrogens (tertiary/aromatic N) is 2. The maximum absolute atomic E-state index is 14.3. The fraction of sp³-hybridized carbons (Fsp3) is 0. The highest BCUT2D eigenvalue weighted by molar-refractivity contribution is 6.33. The van der Waals surface area contributed by atoms with Crippen LogP contribution in [0.4, 0.5) is 33.2 Å². The van der Waals surface area contributed by atoms with E-state index in [-0.39, 0.29) is 23.2 Å². The Morgan fingerprint density at radius 3 is 2.12 bits per heavy atom. The first-order valence-corrected chi connectivity index (χ1v) is 10.3. The molecule has 0 atom stereocenters. The van der Waals surface area contributed by atoms with Gasteiger partial charge in [0.1, 0.15) is 0 Å². The van der Waals surface area contributed by atoms with Crippen LogP contribution in [0.15, 0.2) is 79.0 Å². The molecule has 0 radical (unpaired) electrons. The minimum atomic E-state index is -1.04. The van der Waals surface area contributed by atoms with Crippen LogP contribution in [0.3, 0.4) is 0 Å². The van der Waals surface area contributed by atoms with Crippen LogP contribution in [-0.2, 0) is 0 Å². The number of carboxylic acids is 1. The lowest BCUT2D eigenvalue weighted by Gasteiger charge is -2.11. The van der Waals surface area contributed by atoms with E-state index in [0.29, 0.717) is 27.6 Å². The van der Waals surface area contributed by atoms with Gasteiger partial charge in [-0.3, -0.25) is 4.79 Å². The fourth-order valence-corrected chi connectivity index (χ4v) is 3.12. The fourth-order valence-electron chi connectivity index (χ4n) is 2.94. The lowest BCUT2D eigenvalue weighted by molar-refractivity contribution is 0.0696. The predicted molar refractivity (Wildman–Crippen MR) is 128 cm³/mol. The summed E-state index contributed by atoms with van der Waals surface area (Å²) in [4.78, 5) is 31.4. The van der Waals surface area contributed by atoms with E-state index in [1.807, 2.05) is 0 Å². The van der Waals surface area contributed by atoms with Gasteiger partial charge in [-0.2, -0.15) is 4.98 Å². The number of carboxylic acid groups (broad SMARTS) is 1. The van der Waals surface area contributed by atoms with E-state index in [4.69, 9.17) is 16.7 Å². The summed E-state index contributed by atoms with van der Waals surface area (Å²) in [6.45, 7) is 0. The first kappa shape index (κ1) is 22.7. The van der Waals surface area contributed by atoms with Gasteiger partial charge in [0.2, 0.25) is 5.95 Å². The monoisotopic (exact) mass is 477 g/mol. The molecule has 10 heteroatoms. The molecule has 0 aliphatic rings. The maximum atomic E-state index is 14.3. The number of carbonyl (C=O) groups excluding carboxylic acids is 1. The van der Waals surface area contributed by atoms with Crippen molar-refractivity contribution in [3.63, 3.8) is 0 Å². The van der Waals surface area contributed by atoms with Crippen molar-refractivity contribution in [2.45, 2.75) is 0 Å². The average molecular weight is 478 g/mol. The molecule has 0 aliphatic carbocycles. The molecule has 0 unspecified atom stereocenters. The Morgan fingerprint density at radius 1 is 0.853 bits per heavy atom. The van der Waals surface area contributed by atoms with Gasteiger partial charge >= 0.3 is 5.97 Å². The summed E-state index contributed by atoms with van der Waals surface area (Å²) in [6, 6.07) is 19.2. The molecule has 1 aromatic heterocycles. The van der Waals surface area contributed by atoms with Crippen molar-refractivity contribution < 1.29 is 19.1 Å². The van der Waals surface area contributed by atoms with Gasteiger partial charge in [-0.05, 0) is 60.7 Å². The molecule has 0 saturated carbocycles. The van der Waals surface area contributed by atoms with Crippen LogP contribution in [0.25, 0.3) is 0 Å². The first-order valence-electron chi connectivity index (χ1n) is 9.95. The Bertz CT molecular complexity index is 1350. The molecule has 0 fully saturated rings. The molecule has 8 nitrogen and oxygen atoms in total. The molecule has 170 valence electrons. The number of benzene rings is 3. The second kappa shape index (κ2) is 9.97. The summed E-state index contributed by atoms with van der Waals surface area (Å²) in [5.74, 6) is -2.01. The maximum Gasteiger partial charge on any atom is 0.335 e. The normalized spacial score (nSPS) is 10.4. The largest absolute Gasteiger partial charge is 0.478 e. The average Bonchev–Trinajstić information content (AvgIpc) is 2.83. The SMILES string of the molecule is O=C(O)c1ccc(Nc2ncc(F)c(Nc3ccc(C(=O)Nc4ccccc4Cl)cc3)n2)cc1. The summed E-state index contributed by atoms with van der Waals surface area (Å²) >= 11 is 6.07. The quantitative estimate of drug-likeness (QED) is 0.269. The van der Waals surface area contributed by atoms with E-state index in [0.717, 1.165) is 6.20 Å². The van der Waals surface area contributed by atoms with Crippen LogP contribution in [0.5, 0.6) is 0 Å². The minimum Gasteiger partial charge on any atom is -0.478 e.